The first-order valence-electron chi connectivity index (χ1n) is 9.13. The highest BCUT2D eigenvalue weighted by molar-refractivity contribution is 5.80. The Morgan fingerprint density at radius 1 is 0.750 bits per heavy atom. The SMILES string of the molecule is O=C1CN(CC#CCN2CC(=O)N(CC3CC3)C2)CN1CC1CC1. The van der Waals surface area contributed by atoms with Gasteiger partial charge < -0.3 is 9.80 Å². The van der Waals surface area contributed by atoms with Crippen molar-refractivity contribution in [3.63, 3.8) is 0 Å². The van der Waals surface area contributed by atoms with Crippen LogP contribution in [-0.4, -0.2) is 84.0 Å². The molecule has 24 heavy (non-hydrogen) atoms. The molecule has 0 unspecified atom stereocenters. The standard InChI is InChI=1S/C18H26N4O2/c23-17-11-19(13-21(17)9-15-3-4-15)7-1-2-8-20-12-18(24)22(14-20)10-16-5-6-16/h15-16H,3-14H2. The summed E-state index contributed by atoms with van der Waals surface area (Å²) >= 11 is 0. The van der Waals surface area contributed by atoms with Crippen molar-refractivity contribution in [2.75, 3.05) is 52.6 Å². The maximum Gasteiger partial charge on any atom is 0.237 e. The highest BCUT2D eigenvalue weighted by Gasteiger charge is 2.33. The summed E-state index contributed by atoms with van der Waals surface area (Å²) in [6, 6.07) is 0. The number of hydrogen-bond acceptors (Lipinski definition) is 4. The van der Waals surface area contributed by atoms with E-state index in [4.69, 9.17) is 0 Å². The fourth-order valence-electron chi connectivity index (χ4n) is 3.41. The third-order valence-corrected chi connectivity index (χ3v) is 5.25. The maximum absolute atomic E-state index is 11.9. The van der Waals surface area contributed by atoms with E-state index in [0.717, 1.165) is 38.3 Å². The number of carbonyl (C=O) groups excluding carboxylic acids is 2. The van der Waals surface area contributed by atoms with Gasteiger partial charge in [0.1, 0.15) is 0 Å². The van der Waals surface area contributed by atoms with Gasteiger partial charge in [0.25, 0.3) is 0 Å². The first-order chi connectivity index (χ1) is 11.7. The minimum absolute atomic E-state index is 0.240. The van der Waals surface area contributed by atoms with Crippen molar-refractivity contribution in [1.29, 1.82) is 0 Å². The van der Waals surface area contributed by atoms with Gasteiger partial charge in [-0.3, -0.25) is 19.4 Å². The van der Waals surface area contributed by atoms with E-state index in [1.807, 2.05) is 9.80 Å². The molecule has 0 aromatic rings. The zero-order valence-electron chi connectivity index (χ0n) is 14.2. The molecule has 0 radical (unpaired) electrons. The normalized spacial score (nSPS) is 25.5. The molecule has 0 spiro atoms. The van der Waals surface area contributed by atoms with E-state index < -0.39 is 0 Å². The first-order valence-corrected chi connectivity index (χ1v) is 9.13. The zero-order chi connectivity index (χ0) is 16.5. The largest absolute Gasteiger partial charge is 0.328 e. The lowest BCUT2D eigenvalue weighted by molar-refractivity contribution is -0.127. The Balaban J connectivity index is 1.17. The van der Waals surface area contributed by atoms with E-state index in [1.54, 1.807) is 0 Å². The lowest BCUT2D eigenvalue weighted by Crippen LogP contribution is -2.29. The van der Waals surface area contributed by atoms with Crippen LogP contribution in [0.1, 0.15) is 25.7 Å². The van der Waals surface area contributed by atoms with E-state index in [-0.39, 0.29) is 11.8 Å². The molecular weight excluding hydrogens is 304 g/mol. The third-order valence-electron chi connectivity index (χ3n) is 5.25. The highest BCUT2D eigenvalue weighted by atomic mass is 16.2. The molecule has 2 heterocycles. The smallest absolute Gasteiger partial charge is 0.237 e. The maximum atomic E-state index is 11.9. The molecule has 4 fully saturated rings. The van der Waals surface area contributed by atoms with Crippen molar-refractivity contribution in [2.45, 2.75) is 25.7 Å². The molecule has 0 aromatic heterocycles. The number of rotatable bonds is 6. The molecule has 0 N–H and O–H groups in total. The van der Waals surface area contributed by atoms with Crippen molar-refractivity contribution in [1.82, 2.24) is 19.6 Å². The summed E-state index contributed by atoms with van der Waals surface area (Å²) in [5.41, 5.74) is 0. The number of nitrogens with zero attached hydrogens (tertiary/aromatic N) is 4. The first kappa shape index (κ1) is 15.9. The Morgan fingerprint density at radius 2 is 1.17 bits per heavy atom. The number of carbonyl (C=O) groups is 2. The molecule has 2 saturated heterocycles. The van der Waals surface area contributed by atoms with Gasteiger partial charge >= 0.3 is 0 Å². The van der Waals surface area contributed by atoms with Gasteiger partial charge in [-0.15, -0.1) is 0 Å². The van der Waals surface area contributed by atoms with Crippen LogP contribution in [0.2, 0.25) is 0 Å². The summed E-state index contributed by atoms with van der Waals surface area (Å²) in [7, 11) is 0. The Morgan fingerprint density at radius 3 is 1.54 bits per heavy atom. The Hall–Kier alpha value is -1.58. The quantitative estimate of drug-likeness (QED) is 0.644. The summed E-state index contributed by atoms with van der Waals surface area (Å²) in [5.74, 6) is 8.31. The van der Waals surface area contributed by atoms with Crippen LogP contribution in [0.15, 0.2) is 0 Å². The van der Waals surface area contributed by atoms with Crippen LogP contribution >= 0.6 is 0 Å². The monoisotopic (exact) mass is 330 g/mol. The topological polar surface area (TPSA) is 47.1 Å². The van der Waals surface area contributed by atoms with E-state index in [1.165, 1.54) is 25.7 Å². The average Bonchev–Trinajstić information content (AvgIpc) is 3.45. The molecule has 4 aliphatic rings. The minimum Gasteiger partial charge on any atom is -0.328 e. The van der Waals surface area contributed by atoms with Gasteiger partial charge in [-0.1, -0.05) is 11.8 Å². The molecule has 4 rings (SSSR count). The van der Waals surface area contributed by atoms with Crippen molar-refractivity contribution in [3.05, 3.63) is 0 Å². The van der Waals surface area contributed by atoms with Crippen LogP contribution in [0, 0.1) is 23.7 Å². The molecule has 2 aliphatic heterocycles. The Kier molecular flexibility index (Phi) is 4.47. The van der Waals surface area contributed by atoms with Gasteiger partial charge in [-0.2, -0.15) is 0 Å². The van der Waals surface area contributed by atoms with Crippen LogP contribution in [-0.2, 0) is 9.59 Å². The summed E-state index contributed by atoms with van der Waals surface area (Å²) in [6.45, 7) is 5.58. The zero-order valence-corrected chi connectivity index (χ0v) is 14.2. The van der Waals surface area contributed by atoms with Gasteiger partial charge in [-0.05, 0) is 37.5 Å². The second kappa shape index (κ2) is 6.73. The number of amides is 2. The minimum atomic E-state index is 0.240. The van der Waals surface area contributed by atoms with Crippen molar-refractivity contribution in [2.24, 2.45) is 11.8 Å². The summed E-state index contributed by atoms with van der Waals surface area (Å²) in [4.78, 5) is 32.0. The fourth-order valence-corrected chi connectivity index (χ4v) is 3.41. The summed E-state index contributed by atoms with van der Waals surface area (Å²) in [5, 5.41) is 0. The molecular formula is C18H26N4O2. The molecule has 130 valence electrons. The van der Waals surface area contributed by atoms with Crippen molar-refractivity contribution in [3.8, 4) is 11.8 Å². The van der Waals surface area contributed by atoms with Gasteiger partial charge in [-0.25, -0.2) is 0 Å². The lowest BCUT2D eigenvalue weighted by atomic mass is 10.4. The molecule has 6 heteroatoms. The second-order valence-corrected chi connectivity index (χ2v) is 7.73. The summed E-state index contributed by atoms with van der Waals surface area (Å²) in [6.07, 6.45) is 5.09. The van der Waals surface area contributed by atoms with Crippen molar-refractivity contribution < 1.29 is 9.59 Å². The molecule has 2 aliphatic carbocycles. The molecule has 2 saturated carbocycles. The Bertz CT molecular complexity index is 525. The predicted octanol–water partition coefficient (Wildman–Crippen LogP) is 0.0132. The van der Waals surface area contributed by atoms with Crippen LogP contribution in [0.5, 0.6) is 0 Å². The predicted molar refractivity (Wildman–Crippen MR) is 89.5 cm³/mol. The second-order valence-electron chi connectivity index (χ2n) is 7.73. The Labute approximate surface area is 143 Å². The van der Waals surface area contributed by atoms with Gasteiger partial charge in [0.2, 0.25) is 11.8 Å². The molecule has 6 nitrogen and oxygen atoms in total. The molecule has 0 aromatic carbocycles. The van der Waals surface area contributed by atoms with E-state index in [2.05, 4.69) is 21.6 Å². The molecule has 0 bridgehead atoms. The fraction of sp³-hybridized carbons (Fsp3) is 0.778. The van der Waals surface area contributed by atoms with Gasteiger partial charge in [0.05, 0.1) is 39.5 Å². The van der Waals surface area contributed by atoms with Crippen LogP contribution in [0.4, 0.5) is 0 Å². The highest BCUT2D eigenvalue weighted by Crippen LogP contribution is 2.31. The molecule has 0 atom stereocenters. The van der Waals surface area contributed by atoms with E-state index in [9.17, 15) is 9.59 Å². The lowest BCUT2D eigenvalue weighted by Gasteiger charge is -2.16. The number of hydrogen-bond donors (Lipinski definition) is 0. The molecule has 2 amide bonds. The third kappa shape index (κ3) is 4.08. The summed E-state index contributed by atoms with van der Waals surface area (Å²) < 4.78 is 0. The van der Waals surface area contributed by atoms with E-state index in [0.29, 0.717) is 26.2 Å². The van der Waals surface area contributed by atoms with Crippen LogP contribution in [0.3, 0.4) is 0 Å². The van der Waals surface area contributed by atoms with Crippen LogP contribution < -0.4 is 0 Å². The van der Waals surface area contributed by atoms with Crippen molar-refractivity contribution >= 4 is 11.8 Å². The van der Waals surface area contributed by atoms with Crippen LogP contribution in [0.25, 0.3) is 0 Å². The average molecular weight is 330 g/mol. The van der Waals surface area contributed by atoms with E-state index >= 15 is 0 Å². The van der Waals surface area contributed by atoms with Gasteiger partial charge in [0, 0.05) is 13.1 Å². The van der Waals surface area contributed by atoms with Gasteiger partial charge in [0.15, 0.2) is 0 Å².